The van der Waals surface area contributed by atoms with Crippen LogP contribution < -0.4 is 0 Å². The van der Waals surface area contributed by atoms with Crippen LogP contribution in [0.1, 0.15) is 12.0 Å². The third kappa shape index (κ3) is 4.98. The molecule has 0 bridgehead atoms. The van der Waals surface area contributed by atoms with Crippen molar-refractivity contribution >= 4 is 26.0 Å². The van der Waals surface area contributed by atoms with Crippen molar-refractivity contribution in [1.29, 1.82) is 0 Å². The molecule has 0 saturated carbocycles. The Labute approximate surface area is 188 Å². The molecule has 0 aromatic heterocycles. The maximum atomic E-state index is 13.6. The lowest BCUT2D eigenvalue weighted by Gasteiger charge is -2.31. The molecule has 0 amide bonds. The maximum Gasteiger partial charge on any atom is 0.196 e. The molecule has 32 heavy (non-hydrogen) atoms. The molecule has 0 N–H and O–H groups in total. The quantitative estimate of drug-likeness (QED) is 0.419. The van der Waals surface area contributed by atoms with Gasteiger partial charge in [0.1, 0.15) is 5.60 Å². The normalized spacial score (nSPS) is 14.1. The van der Waals surface area contributed by atoms with E-state index in [0.29, 0.717) is 6.29 Å². The lowest BCUT2D eigenvalue weighted by molar-refractivity contribution is -0.128. The van der Waals surface area contributed by atoms with Gasteiger partial charge in [-0.2, -0.15) is 0 Å². The van der Waals surface area contributed by atoms with Gasteiger partial charge in [0.25, 0.3) is 0 Å². The van der Waals surface area contributed by atoms with Crippen molar-refractivity contribution in [3.05, 3.63) is 96.6 Å². The molecular formula is C24H24O6S2. The van der Waals surface area contributed by atoms with Gasteiger partial charge in [-0.15, -0.1) is 0 Å². The van der Waals surface area contributed by atoms with Gasteiger partial charge in [0.15, 0.2) is 30.5 Å². The molecule has 6 nitrogen and oxygen atoms in total. The molecular weight excluding hydrogens is 448 g/mol. The smallest absolute Gasteiger partial charge is 0.196 e. The van der Waals surface area contributed by atoms with Crippen LogP contribution in [0.2, 0.25) is 0 Å². The van der Waals surface area contributed by atoms with Crippen LogP contribution in [0.25, 0.3) is 0 Å². The molecule has 0 saturated heterocycles. The van der Waals surface area contributed by atoms with Crippen molar-refractivity contribution in [2.45, 2.75) is 32.8 Å². The van der Waals surface area contributed by atoms with E-state index < -0.39 is 36.3 Å². The second-order valence-corrected chi connectivity index (χ2v) is 12.0. The highest BCUT2D eigenvalue weighted by atomic mass is 32.3. The fourth-order valence-corrected chi connectivity index (χ4v) is 8.18. The van der Waals surface area contributed by atoms with E-state index in [9.17, 15) is 21.6 Å². The molecule has 1 atom stereocenters. The molecule has 3 aromatic carbocycles. The summed E-state index contributed by atoms with van der Waals surface area (Å²) in [5, 5.41) is 0. The summed E-state index contributed by atoms with van der Waals surface area (Å²) in [5.41, 5.74) is -0.940. The maximum absolute atomic E-state index is 13.6. The molecule has 0 aliphatic rings. The minimum Gasteiger partial charge on any atom is -0.370 e. The molecule has 0 heterocycles. The van der Waals surface area contributed by atoms with Gasteiger partial charge in [-0.1, -0.05) is 66.7 Å². The standard InChI is InChI=1S/C24H24O6S2/c1-30-24(19-25,17-20-11-5-2-6-12-20)18-23(31(26,27)21-13-7-3-8-14-21)32(28,29)22-15-9-4-10-16-22/h2-16,19,23H,17-18H2,1H3/t24-/m0/s1. The van der Waals surface area contributed by atoms with Gasteiger partial charge < -0.3 is 9.53 Å². The Morgan fingerprint density at radius 2 is 1.16 bits per heavy atom. The minimum atomic E-state index is -4.38. The summed E-state index contributed by atoms with van der Waals surface area (Å²) in [7, 11) is -7.48. The summed E-state index contributed by atoms with van der Waals surface area (Å²) in [6.07, 6.45) is -0.0384. The van der Waals surface area contributed by atoms with Crippen molar-refractivity contribution in [3.63, 3.8) is 0 Å². The van der Waals surface area contributed by atoms with Gasteiger partial charge in [0.05, 0.1) is 9.79 Å². The summed E-state index contributed by atoms with van der Waals surface area (Å²) in [5.74, 6) is 0. The summed E-state index contributed by atoms with van der Waals surface area (Å²) < 4.78 is 57.8. The number of benzene rings is 3. The average Bonchev–Trinajstić information content (AvgIpc) is 2.83. The van der Waals surface area contributed by atoms with Crippen LogP contribution in [0, 0.1) is 0 Å². The number of aldehydes is 1. The van der Waals surface area contributed by atoms with Crippen LogP contribution in [0.3, 0.4) is 0 Å². The fourth-order valence-electron chi connectivity index (χ4n) is 3.50. The van der Waals surface area contributed by atoms with Crippen molar-refractivity contribution in [2.24, 2.45) is 0 Å². The molecule has 0 fully saturated rings. The molecule has 0 spiro atoms. The van der Waals surface area contributed by atoms with E-state index in [2.05, 4.69) is 0 Å². The number of hydrogen-bond donors (Lipinski definition) is 0. The van der Waals surface area contributed by atoms with Crippen molar-refractivity contribution in [1.82, 2.24) is 0 Å². The van der Waals surface area contributed by atoms with Crippen LogP contribution in [0.4, 0.5) is 0 Å². The third-order valence-electron chi connectivity index (χ3n) is 5.32. The Bertz CT molecular complexity index is 1170. The zero-order valence-corrected chi connectivity index (χ0v) is 19.1. The van der Waals surface area contributed by atoms with Gasteiger partial charge in [-0.05, 0) is 29.8 Å². The second kappa shape index (κ2) is 9.77. The SMILES string of the molecule is CO[C@@](C=O)(Cc1ccccc1)CC(S(=O)(=O)c1ccccc1)S(=O)(=O)c1ccccc1. The van der Waals surface area contributed by atoms with Crippen LogP contribution in [-0.4, -0.2) is 40.4 Å². The van der Waals surface area contributed by atoms with Crippen molar-refractivity contribution in [3.8, 4) is 0 Å². The first-order valence-corrected chi connectivity index (χ1v) is 13.0. The lowest BCUT2D eigenvalue weighted by atomic mass is 9.93. The van der Waals surface area contributed by atoms with Gasteiger partial charge in [0, 0.05) is 20.0 Å². The number of carbonyl (C=O) groups is 1. The Kier molecular flexibility index (Phi) is 7.28. The van der Waals surface area contributed by atoms with E-state index in [4.69, 9.17) is 4.74 Å². The second-order valence-electron chi connectivity index (χ2n) is 7.40. The van der Waals surface area contributed by atoms with Gasteiger partial charge >= 0.3 is 0 Å². The summed E-state index contributed by atoms with van der Waals surface area (Å²) in [6, 6.07) is 23.6. The molecule has 0 aliphatic heterocycles. The minimum absolute atomic E-state index is 0.0267. The Morgan fingerprint density at radius 1 is 0.750 bits per heavy atom. The number of ether oxygens (including phenoxy) is 1. The van der Waals surface area contributed by atoms with E-state index in [-0.39, 0.29) is 16.2 Å². The van der Waals surface area contributed by atoms with Gasteiger partial charge in [-0.3, -0.25) is 0 Å². The first-order chi connectivity index (χ1) is 15.2. The number of rotatable bonds is 10. The Morgan fingerprint density at radius 3 is 1.53 bits per heavy atom. The first-order valence-electron chi connectivity index (χ1n) is 9.88. The first kappa shape index (κ1) is 23.8. The topological polar surface area (TPSA) is 94.6 Å². The van der Waals surface area contributed by atoms with Crippen molar-refractivity contribution < 1.29 is 26.4 Å². The number of methoxy groups -OCH3 is 1. The molecule has 0 aliphatic carbocycles. The zero-order chi connectivity index (χ0) is 23.2. The molecule has 8 heteroatoms. The zero-order valence-electron chi connectivity index (χ0n) is 17.5. The monoisotopic (exact) mass is 472 g/mol. The van der Waals surface area contributed by atoms with E-state index in [0.717, 1.165) is 5.56 Å². The van der Waals surface area contributed by atoms with Crippen molar-refractivity contribution in [2.75, 3.05) is 7.11 Å². The van der Waals surface area contributed by atoms with Crippen LogP contribution in [0.15, 0.2) is 101 Å². The Balaban J connectivity index is 2.15. The molecule has 0 radical (unpaired) electrons. The van der Waals surface area contributed by atoms with Gasteiger partial charge in [-0.25, -0.2) is 16.8 Å². The molecule has 168 valence electrons. The average molecular weight is 473 g/mol. The number of sulfone groups is 2. The highest BCUT2D eigenvalue weighted by Crippen LogP contribution is 2.33. The Hall–Kier alpha value is -2.81. The summed E-state index contributed by atoms with van der Waals surface area (Å²) >= 11 is 0. The summed E-state index contributed by atoms with van der Waals surface area (Å²) in [6.45, 7) is 0. The third-order valence-corrected chi connectivity index (χ3v) is 10.4. The fraction of sp³-hybridized carbons (Fsp3) is 0.208. The highest BCUT2D eigenvalue weighted by molar-refractivity contribution is 8.09. The van der Waals surface area contributed by atoms with Gasteiger partial charge in [0.2, 0.25) is 0 Å². The van der Waals surface area contributed by atoms with E-state index >= 15 is 0 Å². The van der Waals surface area contributed by atoms with Crippen LogP contribution >= 0.6 is 0 Å². The van der Waals surface area contributed by atoms with E-state index in [1.54, 1.807) is 42.5 Å². The highest BCUT2D eigenvalue weighted by Gasteiger charge is 2.46. The van der Waals surface area contributed by atoms with Crippen LogP contribution in [0.5, 0.6) is 0 Å². The largest absolute Gasteiger partial charge is 0.370 e. The number of carbonyl (C=O) groups excluding carboxylic acids is 1. The van der Waals surface area contributed by atoms with Crippen LogP contribution in [-0.2, 0) is 35.6 Å². The number of hydrogen-bond acceptors (Lipinski definition) is 6. The van der Waals surface area contributed by atoms with E-state index in [1.807, 2.05) is 0 Å². The molecule has 0 unspecified atom stereocenters. The molecule has 3 aromatic rings. The predicted octanol–water partition coefficient (Wildman–Crippen LogP) is 3.48. The summed E-state index contributed by atoms with van der Waals surface area (Å²) in [4.78, 5) is 11.9. The molecule has 3 rings (SSSR count). The lowest BCUT2D eigenvalue weighted by Crippen LogP contribution is -2.44. The van der Waals surface area contributed by atoms with E-state index in [1.165, 1.54) is 55.6 Å². The predicted molar refractivity (Wildman–Crippen MR) is 122 cm³/mol.